The normalized spacial score (nSPS) is 11.2. The number of nitrogens with zero attached hydrogens (tertiary/aromatic N) is 1. The monoisotopic (exact) mass is 481 g/mol. The third kappa shape index (κ3) is 6.74. The number of benzene rings is 3. The number of hydrogen-bond donors (Lipinski definition) is 1. The lowest BCUT2D eigenvalue weighted by atomic mass is 10.0. The molecule has 0 amide bonds. The van der Waals surface area contributed by atoms with Gasteiger partial charge >= 0.3 is 6.36 Å². The molecular weight excluding hydrogens is 459 g/mol. The number of halogens is 3. The number of pyridine rings is 1. The van der Waals surface area contributed by atoms with E-state index in [2.05, 4.69) is 9.72 Å². The Bertz CT molecular complexity index is 1250. The van der Waals surface area contributed by atoms with E-state index < -0.39 is 12.1 Å². The molecule has 0 bridgehead atoms. The highest BCUT2D eigenvalue weighted by Crippen LogP contribution is 2.39. The fraction of sp³-hybridized carbons (Fsp3) is 0.148. The Morgan fingerprint density at radius 1 is 0.686 bits per heavy atom. The Kier molecular flexibility index (Phi) is 7.52. The van der Waals surface area contributed by atoms with Crippen LogP contribution in [-0.4, -0.2) is 16.5 Å². The van der Waals surface area contributed by atoms with Gasteiger partial charge in [-0.3, -0.25) is 0 Å². The molecule has 0 saturated heterocycles. The van der Waals surface area contributed by atoms with Crippen molar-refractivity contribution in [1.29, 1.82) is 0 Å². The number of ether oxygens (including phenoxy) is 3. The maximum absolute atomic E-state index is 13.1. The molecule has 1 N–H and O–H groups in total. The van der Waals surface area contributed by atoms with Crippen LogP contribution in [0.1, 0.15) is 16.7 Å². The van der Waals surface area contributed by atoms with Crippen LogP contribution in [0.25, 0.3) is 11.1 Å². The van der Waals surface area contributed by atoms with Gasteiger partial charge in [-0.25, -0.2) is 0 Å². The largest absolute Gasteiger partial charge is 0.573 e. The van der Waals surface area contributed by atoms with E-state index in [9.17, 15) is 18.3 Å². The highest BCUT2D eigenvalue weighted by molar-refractivity contribution is 5.75. The first-order valence-electron chi connectivity index (χ1n) is 10.8. The van der Waals surface area contributed by atoms with Crippen LogP contribution < -0.4 is 14.2 Å². The number of hydrogen-bond acceptors (Lipinski definition) is 5. The van der Waals surface area contributed by atoms with Crippen molar-refractivity contribution >= 4 is 0 Å². The first-order valence-corrected chi connectivity index (χ1v) is 10.8. The number of aliphatic hydroxyl groups excluding tert-OH is 1. The summed E-state index contributed by atoms with van der Waals surface area (Å²) in [6.45, 7) is 0.0388. The van der Waals surface area contributed by atoms with Crippen LogP contribution in [0.15, 0.2) is 91.0 Å². The van der Waals surface area contributed by atoms with Crippen LogP contribution in [0, 0.1) is 0 Å². The molecule has 1 heterocycles. The van der Waals surface area contributed by atoms with E-state index in [0.29, 0.717) is 5.56 Å². The van der Waals surface area contributed by atoms with Gasteiger partial charge in [0.25, 0.3) is 0 Å². The van der Waals surface area contributed by atoms with E-state index in [-0.39, 0.29) is 42.7 Å². The number of aromatic nitrogens is 1. The summed E-state index contributed by atoms with van der Waals surface area (Å²) in [5, 5.41) is 9.55. The zero-order valence-corrected chi connectivity index (χ0v) is 18.5. The second kappa shape index (κ2) is 10.9. The topological polar surface area (TPSA) is 60.8 Å². The highest BCUT2D eigenvalue weighted by Gasteiger charge is 2.32. The van der Waals surface area contributed by atoms with Crippen molar-refractivity contribution in [3.05, 3.63) is 108 Å². The SMILES string of the molecule is OCc1ccc(OC(F)(F)F)c(-c2ccc(OCc3ccccc3)nc2OCc2ccccc2)c1. The van der Waals surface area contributed by atoms with Gasteiger partial charge in [0.1, 0.15) is 19.0 Å². The predicted octanol–water partition coefficient (Wildman–Crippen LogP) is 6.30. The molecule has 0 saturated carbocycles. The predicted molar refractivity (Wildman–Crippen MR) is 124 cm³/mol. The van der Waals surface area contributed by atoms with Gasteiger partial charge in [-0.1, -0.05) is 66.7 Å². The summed E-state index contributed by atoms with van der Waals surface area (Å²) in [6.07, 6.45) is -4.90. The first-order chi connectivity index (χ1) is 16.9. The second-order valence-electron chi connectivity index (χ2n) is 7.59. The molecule has 0 aliphatic carbocycles. The number of rotatable bonds is 9. The Morgan fingerprint density at radius 2 is 1.31 bits per heavy atom. The van der Waals surface area contributed by atoms with E-state index >= 15 is 0 Å². The fourth-order valence-electron chi connectivity index (χ4n) is 3.38. The standard InChI is InChI=1S/C27H22F3NO4/c28-27(29,30)35-24-13-11-21(16-32)15-23(24)22-12-14-25(33-17-19-7-3-1-4-8-19)31-26(22)34-18-20-9-5-2-6-10-20/h1-15,32H,16-18H2. The van der Waals surface area contributed by atoms with Gasteiger partial charge in [-0.15, -0.1) is 13.2 Å². The molecule has 35 heavy (non-hydrogen) atoms. The Hall–Kier alpha value is -4.04. The quantitative estimate of drug-likeness (QED) is 0.304. The average molecular weight is 481 g/mol. The number of alkyl halides is 3. The average Bonchev–Trinajstić information content (AvgIpc) is 2.87. The van der Waals surface area contributed by atoms with Crippen molar-refractivity contribution in [3.63, 3.8) is 0 Å². The molecule has 4 aromatic rings. The van der Waals surface area contributed by atoms with Crippen molar-refractivity contribution in [2.45, 2.75) is 26.2 Å². The van der Waals surface area contributed by atoms with Gasteiger partial charge in [-0.2, -0.15) is 4.98 Å². The Morgan fingerprint density at radius 3 is 1.91 bits per heavy atom. The molecule has 4 rings (SSSR count). The lowest BCUT2D eigenvalue weighted by molar-refractivity contribution is -0.274. The smallest absolute Gasteiger partial charge is 0.473 e. The van der Waals surface area contributed by atoms with Gasteiger partial charge in [0, 0.05) is 17.2 Å². The summed E-state index contributed by atoms with van der Waals surface area (Å²) >= 11 is 0. The zero-order valence-electron chi connectivity index (χ0n) is 18.5. The molecule has 0 radical (unpaired) electrons. The van der Waals surface area contributed by atoms with Gasteiger partial charge < -0.3 is 19.3 Å². The number of aliphatic hydroxyl groups is 1. The zero-order chi connectivity index (χ0) is 24.7. The van der Waals surface area contributed by atoms with Crippen molar-refractivity contribution in [3.8, 4) is 28.6 Å². The van der Waals surface area contributed by atoms with E-state index in [0.717, 1.165) is 17.2 Å². The molecule has 0 aliphatic rings. The minimum atomic E-state index is -4.90. The molecule has 0 aliphatic heterocycles. The van der Waals surface area contributed by atoms with Gasteiger partial charge in [0.2, 0.25) is 11.8 Å². The highest BCUT2D eigenvalue weighted by atomic mass is 19.4. The van der Waals surface area contributed by atoms with E-state index in [1.165, 1.54) is 12.1 Å². The van der Waals surface area contributed by atoms with Gasteiger partial charge in [-0.05, 0) is 34.9 Å². The van der Waals surface area contributed by atoms with Crippen LogP contribution in [-0.2, 0) is 19.8 Å². The maximum atomic E-state index is 13.1. The Labute approximate surface area is 200 Å². The summed E-state index contributed by atoms with van der Waals surface area (Å²) in [4.78, 5) is 4.43. The second-order valence-corrected chi connectivity index (χ2v) is 7.59. The molecule has 5 nitrogen and oxygen atoms in total. The van der Waals surface area contributed by atoms with Crippen LogP contribution in [0.4, 0.5) is 13.2 Å². The van der Waals surface area contributed by atoms with Crippen LogP contribution in [0.5, 0.6) is 17.5 Å². The molecule has 3 aromatic carbocycles. The van der Waals surface area contributed by atoms with E-state index in [4.69, 9.17) is 9.47 Å². The molecular formula is C27H22F3NO4. The fourth-order valence-corrected chi connectivity index (χ4v) is 3.38. The molecule has 0 fully saturated rings. The summed E-state index contributed by atoms with van der Waals surface area (Å²) in [6, 6.07) is 25.8. The van der Waals surface area contributed by atoms with E-state index in [1.54, 1.807) is 12.1 Å². The van der Waals surface area contributed by atoms with Crippen molar-refractivity contribution in [2.24, 2.45) is 0 Å². The Balaban J connectivity index is 1.70. The molecule has 0 spiro atoms. The summed E-state index contributed by atoms with van der Waals surface area (Å²) in [7, 11) is 0. The van der Waals surface area contributed by atoms with Crippen LogP contribution >= 0.6 is 0 Å². The first kappa shape index (κ1) is 24.1. The molecule has 1 aromatic heterocycles. The molecule has 0 unspecified atom stereocenters. The van der Waals surface area contributed by atoms with Gasteiger partial charge in [0.05, 0.1) is 6.61 Å². The maximum Gasteiger partial charge on any atom is 0.573 e. The summed E-state index contributed by atoms with van der Waals surface area (Å²) in [5.74, 6) is -0.113. The lowest BCUT2D eigenvalue weighted by Crippen LogP contribution is -2.17. The van der Waals surface area contributed by atoms with Gasteiger partial charge in [0.15, 0.2) is 0 Å². The third-order valence-electron chi connectivity index (χ3n) is 5.03. The summed E-state index contributed by atoms with van der Waals surface area (Å²) in [5.41, 5.74) is 2.54. The third-order valence-corrected chi connectivity index (χ3v) is 5.03. The van der Waals surface area contributed by atoms with Crippen LogP contribution in [0.2, 0.25) is 0 Å². The minimum Gasteiger partial charge on any atom is -0.473 e. The minimum absolute atomic E-state index is 0.0709. The lowest BCUT2D eigenvalue weighted by Gasteiger charge is -2.17. The van der Waals surface area contributed by atoms with Crippen molar-refractivity contribution in [1.82, 2.24) is 4.98 Å². The van der Waals surface area contributed by atoms with Crippen molar-refractivity contribution < 1.29 is 32.5 Å². The summed E-state index contributed by atoms with van der Waals surface area (Å²) < 4.78 is 55.2. The molecule has 0 atom stereocenters. The van der Waals surface area contributed by atoms with Crippen molar-refractivity contribution in [2.75, 3.05) is 0 Å². The van der Waals surface area contributed by atoms with E-state index in [1.807, 2.05) is 60.7 Å². The van der Waals surface area contributed by atoms with Crippen LogP contribution in [0.3, 0.4) is 0 Å². The molecule has 8 heteroatoms. The molecule has 180 valence electrons.